The molecule has 0 bridgehead atoms. The van der Waals surface area contributed by atoms with Gasteiger partial charge in [-0.1, -0.05) is 26.2 Å². The van der Waals surface area contributed by atoms with E-state index in [1.807, 2.05) is 6.92 Å². The van der Waals surface area contributed by atoms with E-state index in [4.69, 9.17) is 4.74 Å². The Bertz CT molecular complexity index is 1320. The minimum absolute atomic E-state index is 0.0673. The summed E-state index contributed by atoms with van der Waals surface area (Å²) in [4.78, 5) is 56.9. The Morgan fingerprint density at radius 2 is 1.97 bits per heavy atom. The van der Waals surface area contributed by atoms with Gasteiger partial charge in [0.05, 0.1) is 35.5 Å². The predicted octanol–water partition coefficient (Wildman–Crippen LogP) is 3.14. The van der Waals surface area contributed by atoms with Gasteiger partial charge in [-0.25, -0.2) is 9.78 Å². The number of β-lactam (4-membered cyclic amide) rings is 1. The highest BCUT2D eigenvalue weighted by Crippen LogP contribution is 2.60. The number of aromatic nitrogens is 2. The number of carbonyl (C=O) groups excluding carboxylic acids is 3. The zero-order chi connectivity index (χ0) is 26.6. The zero-order valence-electron chi connectivity index (χ0n) is 21.1. The molecule has 2 aromatic rings. The third kappa shape index (κ3) is 3.99. The van der Waals surface area contributed by atoms with E-state index >= 15 is 0 Å². The molecule has 1 amide bonds. The quantitative estimate of drug-likeness (QED) is 0.302. The molecular weight excluding hydrogens is 498 g/mol. The fraction of sp³-hybridized carbons (Fsp3) is 0.577. The van der Waals surface area contributed by atoms with Crippen molar-refractivity contribution in [3.63, 3.8) is 0 Å². The number of Topliss-reactive ketones (excluding diaryl/α,β-unsaturated/α-hetero) is 1. The maximum Gasteiger partial charge on any atom is 0.352 e. The van der Waals surface area contributed by atoms with Crippen LogP contribution in [0.4, 0.5) is 0 Å². The minimum Gasteiger partial charge on any atom is -0.477 e. The Labute approximate surface area is 217 Å². The van der Waals surface area contributed by atoms with Crippen molar-refractivity contribution < 1.29 is 34.1 Å². The van der Waals surface area contributed by atoms with Crippen LogP contribution in [0.2, 0.25) is 0 Å². The first-order valence-corrected chi connectivity index (χ1v) is 13.5. The molecular formula is C26H31N3O7S. The van der Waals surface area contributed by atoms with Gasteiger partial charge in [0.15, 0.2) is 5.78 Å². The number of aliphatic hydroxyl groups is 1. The number of thiazole rings is 1. The number of aliphatic hydroxyl groups excluding tert-OH is 1. The molecule has 4 heterocycles. The molecule has 0 aromatic carbocycles. The largest absolute Gasteiger partial charge is 0.477 e. The van der Waals surface area contributed by atoms with E-state index in [2.05, 4.69) is 4.98 Å². The number of hydrogen-bond donors (Lipinski definition) is 2. The van der Waals surface area contributed by atoms with Crippen molar-refractivity contribution in [3.8, 4) is 0 Å². The van der Waals surface area contributed by atoms with Crippen LogP contribution in [0.3, 0.4) is 0 Å². The maximum absolute atomic E-state index is 13.0. The highest BCUT2D eigenvalue weighted by molar-refractivity contribution is 7.18. The van der Waals surface area contributed by atoms with Crippen molar-refractivity contribution in [1.29, 1.82) is 0 Å². The number of carboxylic acid groups (broad SMARTS) is 1. The van der Waals surface area contributed by atoms with Crippen LogP contribution in [0.25, 0.3) is 10.4 Å². The van der Waals surface area contributed by atoms with Gasteiger partial charge >= 0.3 is 11.9 Å². The van der Waals surface area contributed by atoms with Crippen molar-refractivity contribution in [2.24, 2.45) is 17.3 Å². The summed E-state index contributed by atoms with van der Waals surface area (Å²) in [6.45, 7) is 4.88. The number of hydrogen-bond acceptors (Lipinski definition) is 8. The lowest BCUT2D eigenvalue weighted by atomic mass is 9.65. The molecule has 3 aliphatic rings. The third-order valence-electron chi connectivity index (χ3n) is 8.16. The number of nitrogens with zero attached hydrogens (tertiary/aromatic N) is 3. The van der Waals surface area contributed by atoms with Gasteiger partial charge in [-0.2, -0.15) is 0 Å². The molecule has 1 saturated heterocycles. The Morgan fingerprint density at radius 3 is 2.59 bits per heavy atom. The van der Waals surface area contributed by atoms with Crippen LogP contribution in [0, 0.1) is 17.3 Å². The predicted molar refractivity (Wildman–Crippen MR) is 134 cm³/mol. The summed E-state index contributed by atoms with van der Waals surface area (Å²) in [6, 6.07) is -0.596. The van der Waals surface area contributed by atoms with E-state index in [9.17, 15) is 29.4 Å². The van der Waals surface area contributed by atoms with E-state index in [1.54, 1.807) is 10.6 Å². The smallest absolute Gasteiger partial charge is 0.352 e. The van der Waals surface area contributed by atoms with Gasteiger partial charge in [0.1, 0.15) is 22.5 Å². The van der Waals surface area contributed by atoms with Gasteiger partial charge < -0.3 is 19.8 Å². The van der Waals surface area contributed by atoms with Crippen LogP contribution >= 0.6 is 11.3 Å². The maximum atomic E-state index is 13.0. The molecule has 2 fully saturated rings. The molecule has 2 aliphatic heterocycles. The Morgan fingerprint density at radius 1 is 1.27 bits per heavy atom. The molecule has 1 aliphatic carbocycles. The zero-order valence-corrected chi connectivity index (χ0v) is 21.9. The molecule has 37 heavy (non-hydrogen) atoms. The van der Waals surface area contributed by atoms with Gasteiger partial charge in [-0.3, -0.25) is 18.8 Å². The summed E-state index contributed by atoms with van der Waals surface area (Å²) >= 11 is 1.23. The van der Waals surface area contributed by atoms with Gasteiger partial charge in [-0.15, -0.1) is 11.3 Å². The van der Waals surface area contributed by atoms with E-state index in [0.717, 1.165) is 32.1 Å². The second-order valence-corrected chi connectivity index (χ2v) is 11.6. The number of esters is 1. The lowest BCUT2D eigenvalue weighted by Crippen LogP contribution is -2.66. The Hall–Kier alpha value is -3.05. The fourth-order valence-electron chi connectivity index (χ4n) is 6.31. The average molecular weight is 530 g/mol. The SMILES string of the molecule is CC(=O)c1ncn2cc(C3=C(C(=O)O)N4C(=O)[C@H]([C@@H](C)O)[C@@H]4C3(C)CCOC(=O)C3CCCCC3)sc12. The van der Waals surface area contributed by atoms with Crippen LogP contribution in [0.1, 0.15) is 74.7 Å². The first kappa shape index (κ1) is 25.6. The Balaban J connectivity index is 1.53. The van der Waals surface area contributed by atoms with E-state index in [-0.39, 0.29) is 42.1 Å². The Kier molecular flexibility index (Phi) is 6.47. The monoisotopic (exact) mass is 529 g/mol. The van der Waals surface area contributed by atoms with Crippen LogP contribution in [-0.2, 0) is 19.1 Å². The standard InChI is InChI=1S/C26H31N3O7S/c1-13(30)17-21-26(3,9-10-36-25(35)15-7-5-4-6-8-15)18(20(24(33)34)29(21)22(17)32)16-11-28-12-27-19(14(2)31)23(28)37-16/h11-13,15,17,21,30H,4-10H2,1-3H3,(H,33,34)/t13-,17-,21-,26?/m1/s1. The second-order valence-electron chi connectivity index (χ2n) is 10.6. The summed E-state index contributed by atoms with van der Waals surface area (Å²) in [5, 5.41) is 20.6. The number of fused-ring (bicyclic) bond motifs is 2. The summed E-state index contributed by atoms with van der Waals surface area (Å²) in [7, 11) is 0. The highest BCUT2D eigenvalue weighted by Gasteiger charge is 2.66. The van der Waals surface area contributed by atoms with Crippen LogP contribution < -0.4 is 0 Å². The van der Waals surface area contributed by atoms with Crippen LogP contribution in [0.5, 0.6) is 0 Å². The van der Waals surface area contributed by atoms with E-state index in [0.29, 0.717) is 15.3 Å². The van der Waals surface area contributed by atoms with Crippen molar-refractivity contribution >= 4 is 45.4 Å². The lowest BCUT2D eigenvalue weighted by molar-refractivity contribution is -0.168. The second kappa shape index (κ2) is 9.36. The fourth-order valence-corrected chi connectivity index (χ4v) is 7.61. The molecule has 0 spiro atoms. The molecule has 0 radical (unpaired) electrons. The lowest BCUT2D eigenvalue weighted by Gasteiger charge is -2.50. The molecule has 10 nitrogen and oxygen atoms in total. The van der Waals surface area contributed by atoms with Gasteiger partial charge in [0.2, 0.25) is 5.91 Å². The summed E-state index contributed by atoms with van der Waals surface area (Å²) in [5.74, 6) is -3.01. The summed E-state index contributed by atoms with van der Waals surface area (Å²) < 4.78 is 7.36. The third-order valence-corrected chi connectivity index (χ3v) is 9.29. The summed E-state index contributed by atoms with van der Waals surface area (Å²) in [5.41, 5.74) is -0.313. The van der Waals surface area contributed by atoms with E-state index < -0.39 is 35.4 Å². The number of carbonyl (C=O) groups is 4. The number of carboxylic acids is 1. The van der Waals surface area contributed by atoms with Crippen LogP contribution in [-0.4, -0.2) is 66.9 Å². The number of ketones is 1. The number of rotatable bonds is 8. The summed E-state index contributed by atoms with van der Waals surface area (Å²) in [6.07, 6.45) is 7.29. The molecule has 5 rings (SSSR count). The van der Waals surface area contributed by atoms with Gasteiger partial charge in [0.25, 0.3) is 0 Å². The van der Waals surface area contributed by atoms with Crippen molar-refractivity contribution in [2.75, 3.05) is 6.61 Å². The van der Waals surface area contributed by atoms with Crippen molar-refractivity contribution in [3.05, 3.63) is 28.8 Å². The molecule has 1 saturated carbocycles. The first-order chi connectivity index (χ1) is 17.6. The van der Waals surface area contributed by atoms with Crippen molar-refractivity contribution in [1.82, 2.24) is 14.3 Å². The first-order valence-electron chi connectivity index (χ1n) is 12.7. The molecule has 2 aromatic heterocycles. The number of aliphatic carboxylic acids is 1. The number of imidazole rings is 1. The average Bonchev–Trinajstić information content (AvgIpc) is 3.48. The highest BCUT2D eigenvalue weighted by atomic mass is 32.1. The van der Waals surface area contributed by atoms with Crippen LogP contribution in [0.15, 0.2) is 18.2 Å². The van der Waals surface area contributed by atoms with E-state index in [1.165, 1.54) is 36.4 Å². The topological polar surface area (TPSA) is 139 Å². The normalized spacial score (nSPS) is 26.8. The molecule has 4 atom stereocenters. The molecule has 11 heteroatoms. The van der Waals surface area contributed by atoms with Crippen molar-refractivity contribution in [2.45, 2.75) is 71.4 Å². The van der Waals surface area contributed by atoms with Gasteiger partial charge in [0, 0.05) is 24.1 Å². The molecule has 1 unspecified atom stereocenters. The number of ether oxygens (including phenoxy) is 1. The molecule has 2 N–H and O–H groups in total. The minimum atomic E-state index is -1.25. The number of amides is 1. The van der Waals surface area contributed by atoms with Gasteiger partial charge in [-0.05, 0) is 26.2 Å². The molecule has 198 valence electrons.